The maximum atomic E-state index is 13.0. The summed E-state index contributed by atoms with van der Waals surface area (Å²) in [7, 11) is 0. The number of H-pyrrole nitrogens is 2. The second-order valence-electron chi connectivity index (χ2n) is 8.87. The second-order valence-corrected chi connectivity index (χ2v) is 8.87. The summed E-state index contributed by atoms with van der Waals surface area (Å²) in [6.07, 6.45) is 5.01. The van der Waals surface area contributed by atoms with E-state index < -0.39 is 0 Å². The molecule has 4 N–H and O–H groups in total. The molecule has 10 nitrogen and oxygen atoms in total. The van der Waals surface area contributed by atoms with Crippen LogP contribution in [0, 0.1) is 0 Å². The number of aromatic nitrogens is 5. The number of nitrogens with zero attached hydrogens (tertiary/aromatic N) is 4. The monoisotopic (exact) mass is 495 g/mol. The Labute approximate surface area is 212 Å². The van der Waals surface area contributed by atoms with Gasteiger partial charge in [-0.15, -0.1) is 0 Å². The van der Waals surface area contributed by atoms with Crippen molar-refractivity contribution in [3.8, 4) is 22.5 Å². The molecule has 3 aromatic heterocycles. The van der Waals surface area contributed by atoms with Crippen molar-refractivity contribution < 1.29 is 14.6 Å². The summed E-state index contributed by atoms with van der Waals surface area (Å²) in [5.41, 5.74) is 5.16. The van der Waals surface area contributed by atoms with Crippen LogP contribution < -0.4 is 5.32 Å². The lowest BCUT2D eigenvalue weighted by atomic mass is 10.1. The highest BCUT2D eigenvalue weighted by Gasteiger charge is 2.25. The van der Waals surface area contributed by atoms with Crippen LogP contribution in [0.4, 0.5) is 11.5 Å². The Bertz CT molecular complexity index is 1530. The number of morpholine rings is 1. The van der Waals surface area contributed by atoms with E-state index in [0.717, 1.165) is 33.3 Å². The van der Waals surface area contributed by atoms with E-state index in [2.05, 4.69) is 30.5 Å². The van der Waals surface area contributed by atoms with Gasteiger partial charge < -0.3 is 25.0 Å². The van der Waals surface area contributed by atoms with E-state index in [9.17, 15) is 9.90 Å². The van der Waals surface area contributed by atoms with Crippen LogP contribution in [0.15, 0.2) is 73.2 Å². The Balaban J connectivity index is 1.20. The molecule has 37 heavy (non-hydrogen) atoms. The van der Waals surface area contributed by atoms with Crippen molar-refractivity contribution in [1.29, 1.82) is 0 Å². The molecular weight excluding hydrogens is 470 g/mol. The van der Waals surface area contributed by atoms with Crippen molar-refractivity contribution in [2.24, 2.45) is 0 Å². The molecule has 1 aliphatic heterocycles. The van der Waals surface area contributed by atoms with Gasteiger partial charge in [0.2, 0.25) is 0 Å². The molecule has 0 saturated carbocycles. The summed E-state index contributed by atoms with van der Waals surface area (Å²) >= 11 is 0. The van der Waals surface area contributed by atoms with Crippen LogP contribution in [-0.4, -0.2) is 73.5 Å². The fourth-order valence-electron chi connectivity index (χ4n) is 4.44. The van der Waals surface area contributed by atoms with Crippen molar-refractivity contribution in [2.45, 2.75) is 6.10 Å². The predicted molar refractivity (Wildman–Crippen MR) is 139 cm³/mol. The standard InChI is InChI=1S/C27H25N7O3/c35-16-22-15-34(9-10-37-22)27(36)24-11-18-1-2-19(12-23(18)32-24)26-28-8-7-25(33-26)31-21-5-3-17(4-6-21)20-13-29-30-14-20/h1-8,11-14,22,32,35H,9-10,15-16H2,(H,29,30)(H,28,31,33)/t22-/m1/s1. The first kappa shape index (κ1) is 22.9. The fraction of sp³-hybridized carbons (Fsp3) is 0.185. The molecule has 1 atom stereocenters. The summed E-state index contributed by atoms with van der Waals surface area (Å²) in [4.78, 5) is 27.1. The first-order valence-electron chi connectivity index (χ1n) is 12.0. The molecule has 5 aromatic rings. The SMILES string of the molecule is O=C(c1cc2ccc(-c3nccc(Nc4ccc(-c5cn[nH]c5)cc4)n3)cc2[nH]1)N1CCO[C@@H](CO)C1. The topological polar surface area (TPSA) is 132 Å². The smallest absolute Gasteiger partial charge is 0.270 e. The molecule has 0 unspecified atom stereocenters. The number of aliphatic hydroxyl groups excluding tert-OH is 1. The normalized spacial score (nSPS) is 15.7. The molecular formula is C27H25N7O3. The van der Waals surface area contributed by atoms with E-state index in [1.807, 2.05) is 60.8 Å². The third kappa shape index (κ3) is 4.80. The number of anilines is 2. The molecule has 4 heterocycles. The maximum absolute atomic E-state index is 13.0. The molecule has 0 spiro atoms. The molecule has 1 amide bonds. The van der Waals surface area contributed by atoms with E-state index in [-0.39, 0.29) is 18.6 Å². The summed E-state index contributed by atoms with van der Waals surface area (Å²) in [6, 6.07) is 17.5. The Morgan fingerprint density at radius 1 is 1.11 bits per heavy atom. The van der Waals surface area contributed by atoms with Crippen molar-refractivity contribution >= 4 is 28.3 Å². The quantitative estimate of drug-likeness (QED) is 0.283. The summed E-state index contributed by atoms with van der Waals surface area (Å²) in [6.45, 7) is 1.17. The number of amides is 1. The third-order valence-corrected chi connectivity index (χ3v) is 6.39. The number of aromatic amines is 2. The first-order chi connectivity index (χ1) is 18.2. The second kappa shape index (κ2) is 9.84. The molecule has 0 radical (unpaired) electrons. The van der Waals surface area contributed by atoms with Gasteiger partial charge in [-0.1, -0.05) is 24.3 Å². The number of hydrogen-bond donors (Lipinski definition) is 4. The average Bonchev–Trinajstić information content (AvgIpc) is 3.63. The molecule has 1 fully saturated rings. The Kier molecular flexibility index (Phi) is 6.09. The molecule has 2 aromatic carbocycles. The lowest BCUT2D eigenvalue weighted by molar-refractivity contribution is -0.0448. The number of nitrogens with one attached hydrogen (secondary N) is 3. The van der Waals surface area contributed by atoms with Crippen molar-refractivity contribution in [3.05, 3.63) is 78.9 Å². The van der Waals surface area contributed by atoms with Gasteiger partial charge in [0.1, 0.15) is 11.5 Å². The molecule has 186 valence electrons. The van der Waals surface area contributed by atoms with Gasteiger partial charge in [-0.05, 0) is 35.9 Å². The van der Waals surface area contributed by atoms with Gasteiger partial charge >= 0.3 is 0 Å². The van der Waals surface area contributed by atoms with Crippen molar-refractivity contribution in [2.75, 3.05) is 31.6 Å². The summed E-state index contributed by atoms with van der Waals surface area (Å²) in [5, 5.41) is 20.4. The lowest BCUT2D eigenvalue weighted by Gasteiger charge is -2.31. The maximum Gasteiger partial charge on any atom is 0.270 e. The van der Waals surface area contributed by atoms with Crippen molar-refractivity contribution in [3.63, 3.8) is 0 Å². The highest BCUT2D eigenvalue weighted by molar-refractivity contribution is 5.98. The van der Waals surface area contributed by atoms with Crippen LogP contribution >= 0.6 is 0 Å². The zero-order chi connectivity index (χ0) is 25.2. The molecule has 1 aliphatic rings. The largest absolute Gasteiger partial charge is 0.394 e. The Hall–Kier alpha value is -4.54. The lowest BCUT2D eigenvalue weighted by Crippen LogP contribution is -2.47. The van der Waals surface area contributed by atoms with E-state index in [0.29, 0.717) is 37.0 Å². The zero-order valence-electron chi connectivity index (χ0n) is 19.9. The number of benzene rings is 2. The Morgan fingerprint density at radius 2 is 1.97 bits per heavy atom. The molecule has 10 heteroatoms. The molecule has 0 aliphatic carbocycles. The molecule has 6 rings (SSSR count). The van der Waals surface area contributed by atoms with Crippen LogP contribution in [0.25, 0.3) is 33.4 Å². The zero-order valence-corrected chi connectivity index (χ0v) is 19.9. The minimum Gasteiger partial charge on any atom is -0.394 e. The average molecular weight is 496 g/mol. The van der Waals surface area contributed by atoms with Gasteiger partial charge in [-0.2, -0.15) is 5.10 Å². The number of carbonyl (C=O) groups is 1. The highest BCUT2D eigenvalue weighted by atomic mass is 16.5. The number of fused-ring (bicyclic) bond motifs is 1. The predicted octanol–water partition coefficient (Wildman–Crippen LogP) is 3.59. The van der Waals surface area contributed by atoms with Crippen LogP contribution in [0.2, 0.25) is 0 Å². The van der Waals surface area contributed by atoms with Gasteiger partial charge in [-0.25, -0.2) is 9.97 Å². The highest BCUT2D eigenvalue weighted by Crippen LogP contribution is 2.26. The number of hydrogen-bond acceptors (Lipinski definition) is 7. The minimum atomic E-state index is -0.346. The number of rotatable bonds is 6. The molecule has 1 saturated heterocycles. The van der Waals surface area contributed by atoms with Crippen LogP contribution in [0.1, 0.15) is 10.5 Å². The van der Waals surface area contributed by atoms with Crippen LogP contribution in [-0.2, 0) is 4.74 Å². The van der Waals surface area contributed by atoms with E-state index in [4.69, 9.17) is 4.74 Å². The van der Waals surface area contributed by atoms with Gasteiger partial charge in [0.25, 0.3) is 5.91 Å². The van der Waals surface area contributed by atoms with E-state index >= 15 is 0 Å². The van der Waals surface area contributed by atoms with Gasteiger partial charge in [0.15, 0.2) is 5.82 Å². The van der Waals surface area contributed by atoms with E-state index in [1.54, 1.807) is 17.3 Å². The third-order valence-electron chi connectivity index (χ3n) is 6.39. The van der Waals surface area contributed by atoms with Crippen molar-refractivity contribution in [1.82, 2.24) is 30.0 Å². The van der Waals surface area contributed by atoms with Crippen LogP contribution in [0.3, 0.4) is 0 Å². The number of aliphatic hydroxyl groups is 1. The fourth-order valence-corrected chi connectivity index (χ4v) is 4.44. The number of ether oxygens (including phenoxy) is 1. The Morgan fingerprint density at radius 3 is 2.78 bits per heavy atom. The van der Waals surface area contributed by atoms with Gasteiger partial charge in [0.05, 0.1) is 25.5 Å². The van der Waals surface area contributed by atoms with E-state index in [1.165, 1.54) is 0 Å². The van der Waals surface area contributed by atoms with Crippen LogP contribution in [0.5, 0.6) is 0 Å². The summed E-state index contributed by atoms with van der Waals surface area (Å²) < 4.78 is 5.46. The number of carbonyl (C=O) groups excluding carboxylic acids is 1. The van der Waals surface area contributed by atoms with Gasteiger partial charge in [-0.3, -0.25) is 9.89 Å². The van der Waals surface area contributed by atoms with Gasteiger partial charge in [0, 0.05) is 53.2 Å². The minimum absolute atomic E-state index is 0.107. The molecule has 0 bridgehead atoms. The first-order valence-corrected chi connectivity index (χ1v) is 12.0. The summed E-state index contributed by atoms with van der Waals surface area (Å²) in [5.74, 6) is 1.14.